The number of carbonyl (C=O) groups excluding carboxylic acids is 1. The second kappa shape index (κ2) is 5.95. The SMILES string of the molecule is NC1(CNC(=O)[C@H]2C[C@H]2c2ccc(F)c(F)c2)CCCCC1. The van der Waals surface area contributed by atoms with Gasteiger partial charge in [0.15, 0.2) is 11.6 Å². The Bertz CT molecular complexity index is 570. The molecule has 0 heterocycles. The molecule has 22 heavy (non-hydrogen) atoms. The highest BCUT2D eigenvalue weighted by Crippen LogP contribution is 2.47. The van der Waals surface area contributed by atoms with Crippen molar-refractivity contribution < 1.29 is 13.6 Å². The third-order valence-electron chi connectivity index (χ3n) is 4.96. The van der Waals surface area contributed by atoms with Crippen LogP contribution in [0.1, 0.15) is 50.0 Å². The summed E-state index contributed by atoms with van der Waals surface area (Å²) in [4.78, 5) is 12.2. The van der Waals surface area contributed by atoms with Crippen LogP contribution in [0, 0.1) is 17.6 Å². The van der Waals surface area contributed by atoms with E-state index in [1.807, 2.05) is 0 Å². The molecule has 0 radical (unpaired) electrons. The van der Waals surface area contributed by atoms with E-state index in [0.29, 0.717) is 18.5 Å². The largest absolute Gasteiger partial charge is 0.354 e. The molecule has 2 aliphatic carbocycles. The van der Waals surface area contributed by atoms with Crippen LogP contribution in [0.3, 0.4) is 0 Å². The number of nitrogens with one attached hydrogen (secondary N) is 1. The first-order valence-electron chi connectivity index (χ1n) is 8.00. The Morgan fingerprint density at radius 3 is 2.64 bits per heavy atom. The van der Waals surface area contributed by atoms with Crippen molar-refractivity contribution in [3.05, 3.63) is 35.4 Å². The Labute approximate surface area is 129 Å². The van der Waals surface area contributed by atoms with Gasteiger partial charge in [-0.2, -0.15) is 0 Å². The van der Waals surface area contributed by atoms with Crippen LogP contribution in [0.5, 0.6) is 0 Å². The number of carbonyl (C=O) groups is 1. The molecule has 5 heteroatoms. The Balaban J connectivity index is 1.53. The summed E-state index contributed by atoms with van der Waals surface area (Å²) in [5.41, 5.74) is 6.72. The lowest BCUT2D eigenvalue weighted by atomic mass is 9.82. The topological polar surface area (TPSA) is 55.1 Å². The lowest BCUT2D eigenvalue weighted by Crippen LogP contribution is -2.51. The highest BCUT2D eigenvalue weighted by atomic mass is 19.2. The fraction of sp³-hybridized carbons (Fsp3) is 0.588. The average Bonchev–Trinajstić information content (AvgIpc) is 3.29. The fourth-order valence-electron chi connectivity index (χ4n) is 3.42. The highest BCUT2D eigenvalue weighted by Gasteiger charge is 2.44. The second-order valence-electron chi connectivity index (χ2n) is 6.76. The summed E-state index contributed by atoms with van der Waals surface area (Å²) in [6, 6.07) is 3.87. The first-order chi connectivity index (χ1) is 10.5. The zero-order valence-electron chi connectivity index (χ0n) is 12.6. The number of rotatable bonds is 4. The molecule has 2 saturated carbocycles. The Hall–Kier alpha value is -1.49. The molecule has 0 bridgehead atoms. The van der Waals surface area contributed by atoms with Crippen LogP contribution >= 0.6 is 0 Å². The van der Waals surface area contributed by atoms with Crippen molar-refractivity contribution in [1.82, 2.24) is 5.32 Å². The van der Waals surface area contributed by atoms with Crippen molar-refractivity contribution in [2.24, 2.45) is 11.7 Å². The van der Waals surface area contributed by atoms with Crippen molar-refractivity contribution >= 4 is 5.91 Å². The molecule has 1 amide bonds. The van der Waals surface area contributed by atoms with E-state index in [1.165, 1.54) is 12.5 Å². The molecule has 0 spiro atoms. The Morgan fingerprint density at radius 2 is 1.95 bits per heavy atom. The molecular weight excluding hydrogens is 286 g/mol. The van der Waals surface area contributed by atoms with Crippen LogP contribution in [-0.2, 0) is 4.79 Å². The van der Waals surface area contributed by atoms with E-state index in [4.69, 9.17) is 5.73 Å². The molecule has 3 nitrogen and oxygen atoms in total. The smallest absolute Gasteiger partial charge is 0.223 e. The van der Waals surface area contributed by atoms with Crippen molar-refractivity contribution in [1.29, 1.82) is 0 Å². The van der Waals surface area contributed by atoms with Crippen molar-refractivity contribution in [3.8, 4) is 0 Å². The van der Waals surface area contributed by atoms with Crippen molar-refractivity contribution in [2.45, 2.75) is 50.0 Å². The summed E-state index contributed by atoms with van der Waals surface area (Å²) in [6.07, 6.45) is 6.04. The second-order valence-corrected chi connectivity index (χ2v) is 6.76. The molecule has 1 aromatic rings. The van der Waals surface area contributed by atoms with Crippen molar-refractivity contribution in [2.75, 3.05) is 6.54 Å². The fourth-order valence-corrected chi connectivity index (χ4v) is 3.42. The molecular formula is C17H22F2N2O. The molecule has 0 aliphatic heterocycles. The molecule has 0 unspecified atom stereocenters. The molecule has 3 rings (SSSR count). The van der Waals surface area contributed by atoms with Gasteiger partial charge in [0.2, 0.25) is 5.91 Å². The average molecular weight is 308 g/mol. The monoisotopic (exact) mass is 308 g/mol. The minimum atomic E-state index is -0.855. The van der Waals surface area contributed by atoms with Gasteiger partial charge in [0.05, 0.1) is 0 Å². The molecule has 2 aliphatic rings. The summed E-state index contributed by atoms with van der Waals surface area (Å²) >= 11 is 0. The molecule has 0 aromatic heterocycles. The first kappa shape index (κ1) is 15.4. The first-order valence-corrected chi connectivity index (χ1v) is 8.00. The minimum Gasteiger partial charge on any atom is -0.354 e. The van der Waals surface area contributed by atoms with E-state index in [2.05, 4.69) is 5.32 Å². The van der Waals surface area contributed by atoms with E-state index >= 15 is 0 Å². The van der Waals surface area contributed by atoms with Gasteiger partial charge < -0.3 is 11.1 Å². The van der Waals surface area contributed by atoms with Crippen LogP contribution in [0.25, 0.3) is 0 Å². The zero-order valence-corrected chi connectivity index (χ0v) is 12.6. The molecule has 3 N–H and O–H groups in total. The highest BCUT2D eigenvalue weighted by molar-refractivity contribution is 5.83. The quantitative estimate of drug-likeness (QED) is 0.898. The summed E-state index contributed by atoms with van der Waals surface area (Å²) in [5, 5.41) is 2.95. The number of halogens is 2. The summed E-state index contributed by atoms with van der Waals surface area (Å²) < 4.78 is 26.2. The number of hydrogen-bond acceptors (Lipinski definition) is 2. The number of hydrogen-bond donors (Lipinski definition) is 2. The maximum Gasteiger partial charge on any atom is 0.223 e. The van der Waals surface area contributed by atoms with E-state index in [1.54, 1.807) is 6.07 Å². The summed E-state index contributed by atoms with van der Waals surface area (Å²) in [5.74, 6) is -1.88. The van der Waals surface area contributed by atoms with Crippen LogP contribution in [0.15, 0.2) is 18.2 Å². The van der Waals surface area contributed by atoms with Crippen LogP contribution in [0.4, 0.5) is 8.78 Å². The van der Waals surface area contributed by atoms with Gasteiger partial charge in [-0.05, 0) is 42.9 Å². The summed E-state index contributed by atoms with van der Waals surface area (Å²) in [6.45, 7) is 0.507. The van der Waals surface area contributed by atoms with Gasteiger partial charge in [-0.15, -0.1) is 0 Å². The van der Waals surface area contributed by atoms with E-state index in [9.17, 15) is 13.6 Å². The number of benzene rings is 1. The number of nitrogens with two attached hydrogens (primary N) is 1. The van der Waals surface area contributed by atoms with Gasteiger partial charge in [-0.1, -0.05) is 25.3 Å². The Morgan fingerprint density at radius 1 is 1.23 bits per heavy atom. The summed E-state index contributed by atoms with van der Waals surface area (Å²) in [7, 11) is 0. The predicted molar refractivity (Wildman–Crippen MR) is 80.2 cm³/mol. The van der Waals surface area contributed by atoms with Crippen molar-refractivity contribution in [3.63, 3.8) is 0 Å². The number of amides is 1. The third-order valence-corrected chi connectivity index (χ3v) is 4.96. The molecule has 0 saturated heterocycles. The lowest BCUT2D eigenvalue weighted by Gasteiger charge is -2.33. The maximum absolute atomic E-state index is 13.2. The minimum absolute atomic E-state index is 0.00446. The van der Waals surface area contributed by atoms with Gasteiger partial charge in [0.25, 0.3) is 0 Å². The normalized spacial score (nSPS) is 26.5. The maximum atomic E-state index is 13.2. The van der Waals surface area contributed by atoms with Crippen LogP contribution in [0.2, 0.25) is 0 Å². The van der Waals surface area contributed by atoms with Crippen LogP contribution in [-0.4, -0.2) is 18.0 Å². The van der Waals surface area contributed by atoms with E-state index in [-0.39, 0.29) is 23.3 Å². The third kappa shape index (κ3) is 3.29. The van der Waals surface area contributed by atoms with Gasteiger partial charge >= 0.3 is 0 Å². The predicted octanol–water partition coefficient (Wildman–Crippen LogP) is 2.85. The molecule has 120 valence electrons. The van der Waals surface area contributed by atoms with E-state index in [0.717, 1.165) is 31.7 Å². The van der Waals surface area contributed by atoms with Gasteiger partial charge in [0.1, 0.15) is 0 Å². The van der Waals surface area contributed by atoms with Gasteiger partial charge in [0, 0.05) is 18.0 Å². The standard InChI is InChI=1S/C17H22F2N2O/c18-14-5-4-11(8-15(14)19)12-9-13(12)16(22)21-10-17(20)6-2-1-3-7-17/h4-5,8,12-13H,1-3,6-7,9-10,20H2,(H,21,22)/t12-,13-/m0/s1. The van der Waals surface area contributed by atoms with Gasteiger partial charge in [-0.25, -0.2) is 8.78 Å². The molecule has 2 fully saturated rings. The lowest BCUT2D eigenvalue weighted by molar-refractivity contribution is -0.122. The molecule has 1 aromatic carbocycles. The Kier molecular flexibility index (Phi) is 4.17. The van der Waals surface area contributed by atoms with E-state index < -0.39 is 11.6 Å². The van der Waals surface area contributed by atoms with Crippen LogP contribution < -0.4 is 11.1 Å². The zero-order chi connectivity index (χ0) is 15.7. The molecule has 2 atom stereocenters. The van der Waals surface area contributed by atoms with Gasteiger partial charge in [-0.3, -0.25) is 4.79 Å².